The van der Waals surface area contributed by atoms with Crippen molar-refractivity contribution >= 4 is 5.97 Å². The third-order valence-electron chi connectivity index (χ3n) is 4.86. The van der Waals surface area contributed by atoms with E-state index in [1.54, 1.807) is 12.1 Å². The number of carboxylic acid groups (broad SMARTS) is 1. The molecule has 1 aliphatic heterocycles. The van der Waals surface area contributed by atoms with Crippen molar-refractivity contribution < 1.29 is 9.90 Å². The summed E-state index contributed by atoms with van der Waals surface area (Å²) >= 11 is 0. The molecule has 1 aromatic carbocycles. The van der Waals surface area contributed by atoms with Crippen LogP contribution in [-0.2, 0) is 6.54 Å². The molecule has 0 amide bonds. The molecule has 1 spiro atoms. The van der Waals surface area contributed by atoms with Gasteiger partial charge in [0.2, 0.25) is 0 Å². The first-order chi connectivity index (χ1) is 9.67. The maximum absolute atomic E-state index is 11.0. The molecule has 1 heterocycles. The second-order valence-electron chi connectivity index (χ2n) is 6.56. The number of benzene rings is 1. The summed E-state index contributed by atoms with van der Waals surface area (Å²) in [5.41, 5.74) is 2.10. The van der Waals surface area contributed by atoms with Gasteiger partial charge in [-0.05, 0) is 36.0 Å². The number of hydrogen-bond donors (Lipinski definition) is 1. The summed E-state index contributed by atoms with van der Waals surface area (Å²) in [6.07, 6.45) is 8.37. The minimum atomic E-state index is -0.837. The van der Waals surface area contributed by atoms with Gasteiger partial charge in [0, 0.05) is 19.6 Å². The minimum absolute atomic E-state index is 0.396. The molecular formula is C17H23NO2. The van der Waals surface area contributed by atoms with Crippen molar-refractivity contribution in [3.63, 3.8) is 0 Å². The van der Waals surface area contributed by atoms with Crippen LogP contribution in [0.4, 0.5) is 0 Å². The summed E-state index contributed by atoms with van der Waals surface area (Å²) < 4.78 is 0. The van der Waals surface area contributed by atoms with E-state index >= 15 is 0 Å². The van der Waals surface area contributed by atoms with Crippen LogP contribution in [0.3, 0.4) is 0 Å². The lowest BCUT2D eigenvalue weighted by Gasteiger charge is -2.50. The molecule has 1 saturated heterocycles. The molecule has 1 N–H and O–H groups in total. The largest absolute Gasteiger partial charge is 0.478 e. The molecule has 1 aliphatic carbocycles. The van der Waals surface area contributed by atoms with E-state index in [-0.39, 0.29) is 0 Å². The van der Waals surface area contributed by atoms with Crippen molar-refractivity contribution in [3.05, 3.63) is 35.4 Å². The lowest BCUT2D eigenvalue weighted by Crippen LogP contribution is -2.55. The van der Waals surface area contributed by atoms with Gasteiger partial charge in [-0.15, -0.1) is 0 Å². The third-order valence-corrected chi connectivity index (χ3v) is 4.86. The SMILES string of the molecule is O=C(O)c1cccc(CN2CC3(CCCCCC3)C2)c1. The Morgan fingerprint density at radius 2 is 1.85 bits per heavy atom. The van der Waals surface area contributed by atoms with E-state index in [4.69, 9.17) is 5.11 Å². The third kappa shape index (κ3) is 2.88. The molecule has 108 valence electrons. The van der Waals surface area contributed by atoms with Gasteiger partial charge in [0.15, 0.2) is 0 Å². The first-order valence-electron chi connectivity index (χ1n) is 7.72. The zero-order valence-corrected chi connectivity index (χ0v) is 12.0. The Morgan fingerprint density at radius 3 is 2.50 bits per heavy atom. The zero-order chi connectivity index (χ0) is 14.0. The standard InChI is InChI=1S/C17H23NO2/c19-16(20)15-7-5-6-14(10-15)11-18-12-17(13-18)8-3-1-2-4-9-17/h5-7,10H,1-4,8-9,11-13H2,(H,19,20). The van der Waals surface area contributed by atoms with Crippen LogP contribution in [0.5, 0.6) is 0 Å². The number of rotatable bonds is 3. The zero-order valence-electron chi connectivity index (χ0n) is 12.0. The molecule has 3 rings (SSSR count). The molecule has 1 saturated carbocycles. The summed E-state index contributed by atoms with van der Waals surface area (Å²) in [5.74, 6) is -0.837. The maximum Gasteiger partial charge on any atom is 0.335 e. The summed E-state index contributed by atoms with van der Waals surface area (Å²) in [7, 11) is 0. The molecule has 3 nitrogen and oxygen atoms in total. The molecule has 0 bridgehead atoms. The minimum Gasteiger partial charge on any atom is -0.478 e. The molecule has 0 atom stereocenters. The quantitative estimate of drug-likeness (QED) is 0.915. The van der Waals surface area contributed by atoms with Gasteiger partial charge in [0.25, 0.3) is 0 Å². The second kappa shape index (κ2) is 5.57. The van der Waals surface area contributed by atoms with Crippen LogP contribution in [0.2, 0.25) is 0 Å². The molecule has 2 aliphatic rings. The lowest BCUT2D eigenvalue weighted by molar-refractivity contribution is -0.0176. The fourth-order valence-electron chi connectivity index (χ4n) is 3.87. The van der Waals surface area contributed by atoms with Crippen LogP contribution >= 0.6 is 0 Å². The van der Waals surface area contributed by atoms with Crippen LogP contribution in [0, 0.1) is 5.41 Å². The average Bonchev–Trinajstić information content (AvgIpc) is 2.64. The summed E-state index contributed by atoms with van der Waals surface area (Å²) in [5, 5.41) is 9.03. The van der Waals surface area contributed by atoms with Gasteiger partial charge in [-0.2, -0.15) is 0 Å². The highest BCUT2D eigenvalue weighted by molar-refractivity contribution is 5.87. The van der Waals surface area contributed by atoms with Crippen LogP contribution in [0.1, 0.15) is 54.4 Å². The summed E-state index contributed by atoms with van der Waals surface area (Å²) in [6, 6.07) is 7.35. The Kier molecular flexibility index (Phi) is 3.79. The maximum atomic E-state index is 11.0. The smallest absolute Gasteiger partial charge is 0.335 e. The van der Waals surface area contributed by atoms with E-state index < -0.39 is 5.97 Å². The monoisotopic (exact) mass is 273 g/mol. The van der Waals surface area contributed by atoms with Crippen molar-refractivity contribution in [2.24, 2.45) is 5.41 Å². The van der Waals surface area contributed by atoms with Gasteiger partial charge in [-0.1, -0.05) is 37.8 Å². The summed E-state index contributed by atoms with van der Waals surface area (Å²) in [4.78, 5) is 13.5. The average molecular weight is 273 g/mol. The molecule has 2 fully saturated rings. The van der Waals surface area contributed by atoms with E-state index in [2.05, 4.69) is 4.90 Å². The second-order valence-corrected chi connectivity index (χ2v) is 6.56. The number of nitrogens with zero attached hydrogens (tertiary/aromatic N) is 1. The topological polar surface area (TPSA) is 40.5 Å². The van der Waals surface area contributed by atoms with Gasteiger partial charge >= 0.3 is 5.97 Å². The van der Waals surface area contributed by atoms with Crippen LogP contribution in [-0.4, -0.2) is 29.1 Å². The number of carboxylic acids is 1. The number of aromatic carboxylic acids is 1. The van der Waals surface area contributed by atoms with Gasteiger partial charge in [-0.25, -0.2) is 4.79 Å². The molecule has 1 aromatic rings. The Bertz CT molecular complexity index is 482. The Balaban J connectivity index is 1.58. The van der Waals surface area contributed by atoms with E-state index in [1.807, 2.05) is 12.1 Å². The highest BCUT2D eigenvalue weighted by Gasteiger charge is 2.42. The fraction of sp³-hybridized carbons (Fsp3) is 0.588. The molecule has 0 unspecified atom stereocenters. The number of hydrogen-bond acceptors (Lipinski definition) is 2. The van der Waals surface area contributed by atoms with Crippen molar-refractivity contribution in [3.8, 4) is 0 Å². The van der Waals surface area contributed by atoms with E-state index in [1.165, 1.54) is 51.6 Å². The van der Waals surface area contributed by atoms with Crippen LogP contribution < -0.4 is 0 Å². The lowest BCUT2D eigenvalue weighted by atomic mass is 9.73. The van der Waals surface area contributed by atoms with E-state index in [0.717, 1.165) is 12.1 Å². The van der Waals surface area contributed by atoms with Crippen molar-refractivity contribution in [1.82, 2.24) is 4.90 Å². The normalized spacial score (nSPS) is 22.2. The Hall–Kier alpha value is -1.35. The van der Waals surface area contributed by atoms with Crippen molar-refractivity contribution in [2.45, 2.75) is 45.1 Å². The molecule has 3 heteroatoms. The predicted octanol–water partition coefficient (Wildman–Crippen LogP) is 3.54. The van der Waals surface area contributed by atoms with Gasteiger partial charge in [-0.3, -0.25) is 4.90 Å². The van der Waals surface area contributed by atoms with Crippen molar-refractivity contribution in [1.29, 1.82) is 0 Å². The summed E-state index contributed by atoms with van der Waals surface area (Å²) in [6.45, 7) is 3.29. The predicted molar refractivity (Wildman–Crippen MR) is 78.8 cm³/mol. The van der Waals surface area contributed by atoms with Crippen LogP contribution in [0.25, 0.3) is 0 Å². The molecule has 0 radical (unpaired) electrons. The van der Waals surface area contributed by atoms with Gasteiger partial charge in [0.1, 0.15) is 0 Å². The highest BCUT2D eigenvalue weighted by Crippen LogP contribution is 2.43. The van der Waals surface area contributed by atoms with E-state index in [9.17, 15) is 4.79 Å². The Morgan fingerprint density at radius 1 is 1.15 bits per heavy atom. The fourth-order valence-corrected chi connectivity index (χ4v) is 3.87. The molecular weight excluding hydrogens is 250 g/mol. The van der Waals surface area contributed by atoms with Crippen LogP contribution in [0.15, 0.2) is 24.3 Å². The Labute approximate surface area is 120 Å². The first kappa shape index (κ1) is 13.6. The van der Waals surface area contributed by atoms with Crippen molar-refractivity contribution in [2.75, 3.05) is 13.1 Å². The van der Waals surface area contributed by atoms with Gasteiger partial charge in [0.05, 0.1) is 5.56 Å². The van der Waals surface area contributed by atoms with E-state index in [0.29, 0.717) is 11.0 Å². The number of likely N-dealkylation sites (tertiary alicyclic amines) is 1. The molecule has 20 heavy (non-hydrogen) atoms. The van der Waals surface area contributed by atoms with Gasteiger partial charge < -0.3 is 5.11 Å². The number of carbonyl (C=O) groups is 1. The highest BCUT2D eigenvalue weighted by atomic mass is 16.4. The molecule has 0 aromatic heterocycles. The first-order valence-corrected chi connectivity index (χ1v) is 7.72.